The summed E-state index contributed by atoms with van der Waals surface area (Å²) in [5.74, 6) is 0.441. The second-order valence-electron chi connectivity index (χ2n) is 7.26. The molecular formula is C18H35N3O2. The highest BCUT2D eigenvalue weighted by Gasteiger charge is 2.21. The van der Waals surface area contributed by atoms with Gasteiger partial charge in [-0.3, -0.25) is 0 Å². The van der Waals surface area contributed by atoms with E-state index in [4.69, 9.17) is 5.11 Å². The number of aliphatic hydroxyl groups excluding tert-OH is 1. The van der Waals surface area contributed by atoms with Crippen molar-refractivity contribution < 1.29 is 9.90 Å². The van der Waals surface area contributed by atoms with Crippen LogP contribution in [0.15, 0.2) is 0 Å². The molecule has 1 aliphatic heterocycles. The molecule has 23 heavy (non-hydrogen) atoms. The van der Waals surface area contributed by atoms with Gasteiger partial charge in [0.25, 0.3) is 0 Å². The van der Waals surface area contributed by atoms with Crippen molar-refractivity contribution in [2.45, 2.75) is 70.3 Å². The van der Waals surface area contributed by atoms with Gasteiger partial charge in [-0.25, -0.2) is 4.79 Å². The smallest absolute Gasteiger partial charge is 0.315 e. The summed E-state index contributed by atoms with van der Waals surface area (Å²) < 4.78 is 0. The minimum Gasteiger partial charge on any atom is -0.396 e. The molecule has 0 bridgehead atoms. The fourth-order valence-corrected chi connectivity index (χ4v) is 3.75. The van der Waals surface area contributed by atoms with Crippen LogP contribution in [0.4, 0.5) is 4.79 Å². The van der Waals surface area contributed by atoms with Gasteiger partial charge < -0.3 is 20.6 Å². The summed E-state index contributed by atoms with van der Waals surface area (Å²) in [5.41, 5.74) is 0. The molecule has 2 rings (SSSR count). The van der Waals surface area contributed by atoms with Crippen molar-refractivity contribution in [2.24, 2.45) is 5.92 Å². The van der Waals surface area contributed by atoms with Gasteiger partial charge in [0.05, 0.1) is 0 Å². The molecule has 1 heterocycles. The first-order chi connectivity index (χ1) is 11.3. The summed E-state index contributed by atoms with van der Waals surface area (Å²) in [6, 6.07) is 0.269. The zero-order valence-electron chi connectivity index (χ0n) is 14.6. The molecular weight excluding hydrogens is 290 g/mol. The highest BCUT2D eigenvalue weighted by atomic mass is 16.3. The maximum absolute atomic E-state index is 11.9. The van der Waals surface area contributed by atoms with Crippen LogP contribution in [0.2, 0.25) is 0 Å². The standard InChI is InChI=1S/C18H35N3O2/c22-15-16-7-9-17(10-8-16)20-18(23)19-11-3-1-4-12-21-13-5-2-6-14-21/h16-17,22H,1-15H2,(H2,19,20,23). The van der Waals surface area contributed by atoms with Crippen LogP contribution in [0.1, 0.15) is 64.2 Å². The van der Waals surface area contributed by atoms with Crippen molar-refractivity contribution in [1.82, 2.24) is 15.5 Å². The molecule has 5 heteroatoms. The molecule has 2 aliphatic rings. The Labute approximate surface area is 141 Å². The van der Waals surface area contributed by atoms with Crippen molar-refractivity contribution in [1.29, 1.82) is 0 Å². The molecule has 0 aromatic carbocycles. The topological polar surface area (TPSA) is 64.6 Å². The minimum atomic E-state index is -0.0199. The highest BCUT2D eigenvalue weighted by Crippen LogP contribution is 2.23. The Morgan fingerprint density at radius 3 is 2.43 bits per heavy atom. The van der Waals surface area contributed by atoms with E-state index in [1.54, 1.807) is 0 Å². The van der Waals surface area contributed by atoms with Gasteiger partial charge in [-0.05, 0) is 76.9 Å². The van der Waals surface area contributed by atoms with Gasteiger partial charge in [0, 0.05) is 19.2 Å². The molecule has 0 aromatic rings. The number of rotatable bonds is 8. The van der Waals surface area contributed by atoms with Crippen LogP contribution in [0, 0.1) is 5.92 Å². The molecule has 0 aromatic heterocycles. The van der Waals surface area contributed by atoms with Gasteiger partial charge >= 0.3 is 6.03 Å². The summed E-state index contributed by atoms with van der Waals surface area (Å²) in [4.78, 5) is 14.4. The number of unbranched alkanes of at least 4 members (excludes halogenated alkanes) is 2. The number of carbonyl (C=O) groups excluding carboxylic acids is 1. The van der Waals surface area contributed by atoms with Gasteiger partial charge in [0.2, 0.25) is 0 Å². The molecule has 1 aliphatic carbocycles. The molecule has 0 radical (unpaired) electrons. The number of amides is 2. The van der Waals surface area contributed by atoms with Gasteiger partial charge in [-0.1, -0.05) is 12.8 Å². The van der Waals surface area contributed by atoms with Crippen LogP contribution in [0.25, 0.3) is 0 Å². The predicted octanol–water partition coefficient (Wildman–Crippen LogP) is 2.49. The van der Waals surface area contributed by atoms with Crippen LogP contribution in [0.3, 0.4) is 0 Å². The van der Waals surface area contributed by atoms with Crippen molar-refractivity contribution >= 4 is 6.03 Å². The van der Waals surface area contributed by atoms with E-state index in [2.05, 4.69) is 15.5 Å². The molecule has 1 saturated heterocycles. The summed E-state index contributed by atoms with van der Waals surface area (Å²) >= 11 is 0. The molecule has 5 nitrogen and oxygen atoms in total. The Morgan fingerprint density at radius 2 is 1.74 bits per heavy atom. The monoisotopic (exact) mass is 325 g/mol. The van der Waals surface area contributed by atoms with Crippen molar-refractivity contribution in [3.05, 3.63) is 0 Å². The lowest BCUT2D eigenvalue weighted by Crippen LogP contribution is -2.44. The molecule has 1 saturated carbocycles. The lowest BCUT2D eigenvalue weighted by atomic mass is 9.87. The number of urea groups is 1. The Balaban J connectivity index is 1.42. The van der Waals surface area contributed by atoms with E-state index < -0.39 is 0 Å². The third-order valence-electron chi connectivity index (χ3n) is 5.33. The van der Waals surface area contributed by atoms with Crippen molar-refractivity contribution in [3.8, 4) is 0 Å². The number of aliphatic hydroxyl groups is 1. The first kappa shape index (κ1) is 18.5. The second kappa shape index (κ2) is 10.9. The highest BCUT2D eigenvalue weighted by molar-refractivity contribution is 5.74. The van der Waals surface area contributed by atoms with Crippen LogP contribution in [-0.4, -0.2) is 54.9 Å². The molecule has 3 N–H and O–H groups in total. The normalized spacial score (nSPS) is 26.0. The van der Waals surface area contributed by atoms with Crippen LogP contribution < -0.4 is 10.6 Å². The number of hydrogen-bond acceptors (Lipinski definition) is 3. The van der Waals surface area contributed by atoms with E-state index >= 15 is 0 Å². The van der Waals surface area contributed by atoms with Gasteiger partial charge in [-0.2, -0.15) is 0 Å². The second-order valence-corrected chi connectivity index (χ2v) is 7.26. The fraction of sp³-hybridized carbons (Fsp3) is 0.944. The SMILES string of the molecule is O=C(NCCCCCN1CCCCC1)NC1CCC(CO)CC1. The average molecular weight is 325 g/mol. The molecule has 0 atom stereocenters. The van der Waals surface area contributed by atoms with E-state index in [0.717, 1.165) is 38.6 Å². The quantitative estimate of drug-likeness (QED) is 0.601. The number of hydrogen-bond donors (Lipinski definition) is 3. The lowest BCUT2D eigenvalue weighted by molar-refractivity contribution is 0.174. The Morgan fingerprint density at radius 1 is 1.00 bits per heavy atom. The predicted molar refractivity (Wildman–Crippen MR) is 93.5 cm³/mol. The summed E-state index contributed by atoms with van der Waals surface area (Å²) in [5, 5.41) is 15.2. The van der Waals surface area contributed by atoms with Crippen LogP contribution >= 0.6 is 0 Å². The minimum absolute atomic E-state index is 0.0199. The molecule has 2 fully saturated rings. The maximum Gasteiger partial charge on any atom is 0.315 e. The number of likely N-dealkylation sites (tertiary alicyclic amines) is 1. The molecule has 2 amide bonds. The molecule has 0 unspecified atom stereocenters. The molecule has 0 spiro atoms. The first-order valence-electron chi connectivity index (χ1n) is 9.65. The first-order valence-corrected chi connectivity index (χ1v) is 9.65. The van der Waals surface area contributed by atoms with Gasteiger partial charge in [0.1, 0.15) is 0 Å². The van der Waals surface area contributed by atoms with E-state index in [1.807, 2.05) is 0 Å². The van der Waals surface area contributed by atoms with Crippen LogP contribution in [0.5, 0.6) is 0 Å². The fourth-order valence-electron chi connectivity index (χ4n) is 3.75. The van der Waals surface area contributed by atoms with E-state index in [9.17, 15) is 4.79 Å². The zero-order valence-corrected chi connectivity index (χ0v) is 14.6. The number of nitrogens with one attached hydrogen (secondary N) is 2. The van der Waals surface area contributed by atoms with Gasteiger partial charge in [-0.15, -0.1) is 0 Å². The Hall–Kier alpha value is -0.810. The zero-order chi connectivity index (χ0) is 16.3. The number of carbonyl (C=O) groups is 1. The van der Waals surface area contributed by atoms with E-state index in [-0.39, 0.29) is 18.7 Å². The number of piperidine rings is 1. The largest absolute Gasteiger partial charge is 0.396 e. The van der Waals surface area contributed by atoms with Crippen molar-refractivity contribution in [3.63, 3.8) is 0 Å². The van der Waals surface area contributed by atoms with Crippen LogP contribution in [-0.2, 0) is 0 Å². The lowest BCUT2D eigenvalue weighted by Gasteiger charge is -2.28. The third kappa shape index (κ3) is 7.53. The average Bonchev–Trinajstić information content (AvgIpc) is 2.59. The maximum atomic E-state index is 11.9. The van der Waals surface area contributed by atoms with E-state index in [1.165, 1.54) is 51.7 Å². The summed E-state index contributed by atoms with van der Waals surface area (Å²) in [6.07, 6.45) is 11.7. The summed E-state index contributed by atoms with van der Waals surface area (Å²) in [6.45, 7) is 4.84. The third-order valence-corrected chi connectivity index (χ3v) is 5.33. The Bertz CT molecular complexity index is 324. The Kier molecular flexibility index (Phi) is 8.76. The van der Waals surface area contributed by atoms with Gasteiger partial charge in [0.15, 0.2) is 0 Å². The van der Waals surface area contributed by atoms with Crippen molar-refractivity contribution in [2.75, 3.05) is 32.8 Å². The molecule has 134 valence electrons. The van der Waals surface area contributed by atoms with E-state index in [0.29, 0.717) is 5.92 Å². The number of nitrogens with zero attached hydrogens (tertiary/aromatic N) is 1. The summed E-state index contributed by atoms with van der Waals surface area (Å²) in [7, 11) is 0.